The van der Waals surface area contributed by atoms with E-state index in [2.05, 4.69) is 15.9 Å². The largest absolute Gasteiger partial charge is 0.298 e. The van der Waals surface area contributed by atoms with Crippen molar-refractivity contribution in [2.45, 2.75) is 12.8 Å². The summed E-state index contributed by atoms with van der Waals surface area (Å²) in [5.41, 5.74) is 2.00. The van der Waals surface area contributed by atoms with Crippen LogP contribution in [0.15, 0.2) is 22.7 Å². The lowest BCUT2D eigenvalue weighted by atomic mass is 10.0. The molecule has 15 heavy (non-hydrogen) atoms. The predicted octanol–water partition coefficient (Wildman–Crippen LogP) is 2.25. The molecule has 0 N–H and O–H groups in total. The van der Waals surface area contributed by atoms with Gasteiger partial charge in [-0.15, -0.1) is 0 Å². The van der Waals surface area contributed by atoms with Crippen LogP contribution in [-0.2, 0) is 11.2 Å². The molecule has 3 nitrogen and oxygen atoms in total. The number of benzene rings is 1. The van der Waals surface area contributed by atoms with Crippen molar-refractivity contribution in [1.82, 2.24) is 0 Å². The maximum absolute atomic E-state index is 11.6. The molecule has 0 radical (unpaired) electrons. The second-order valence-corrected chi connectivity index (χ2v) is 4.33. The average Bonchev–Trinajstić information content (AvgIpc) is 2.22. The summed E-state index contributed by atoms with van der Waals surface area (Å²) in [6, 6.07) is 7.80. The van der Waals surface area contributed by atoms with Crippen molar-refractivity contribution >= 4 is 27.5 Å². The molecular formula is C11H9BrN2O. The molecule has 0 saturated heterocycles. The third-order valence-corrected chi connectivity index (χ3v) is 2.96. The highest BCUT2D eigenvalue weighted by atomic mass is 79.9. The van der Waals surface area contributed by atoms with Gasteiger partial charge in [0.05, 0.1) is 6.07 Å². The van der Waals surface area contributed by atoms with Crippen LogP contribution in [0.25, 0.3) is 0 Å². The van der Waals surface area contributed by atoms with Crippen molar-refractivity contribution < 1.29 is 4.79 Å². The van der Waals surface area contributed by atoms with Crippen molar-refractivity contribution in [2.24, 2.45) is 0 Å². The molecule has 0 aromatic heterocycles. The second kappa shape index (κ2) is 4.03. The Balaban J connectivity index is 2.44. The lowest BCUT2D eigenvalue weighted by Gasteiger charge is -2.27. The van der Waals surface area contributed by atoms with Crippen LogP contribution in [0.1, 0.15) is 12.0 Å². The number of aryl methyl sites for hydroxylation is 1. The number of hydrogen-bond acceptors (Lipinski definition) is 2. The van der Waals surface area contributed by atoms with E-state index in [1.807, 2.05) is 24.3 Å². The van der Waals surface area contributed by atoms with Gasteiger partial charge >= 0.3 is 0 Å². The molecule has 0 bridgehead atoms. The zero-order valence-electron chi connectivity index (χ0n) is 8.03. The van der Waals surface area contributed by atoms with E-state index in [0.29, 0.717) is 6.42 Å². The smallest absolute Gasteiger partial charge is 0.228 e. The van der Waals surface area contributed by atoms with Gasteiger partial charge in [0.1, 0.15) is 6.54 Å². The summed E-state index contributed by atoms with van der Waals surface area (Å²) < 4.78 is 1.01. The van der Waals surface area contributed by atoms with Gasteiger partial charge in [0.2, 0.25) is 5.91 Å². The normalized spacial score (nSPS) is 14.7. The maximum atomic E-state index is 11.6. The van der Waals surface area contributed by atoms with Gasteiger partial charge in [0.15, 0.2) is 0 Å². The van der Waals surface area contributed by atoms with Crippen LogP contribution >= 0.6 is 15.9 Å². The fourth-order valence-electron chi connectivity index (χ4n) is 1.77. The summed E-state index contributed by atoms with van der Waals surface area (Å²) in [6.07, 6.45) is 1.25. The molecule has 0 aliphatic carbocycles. The monoisotopic (exact) mass is 264 g/mol. The van der Waals surface area contributed by atoms with Crippen molar-refractivity contribution in [3.8, 4) is 6.07 Å². The van der Waals surface area contributed by atoms with Crippen LogP contribution in [0.4, 0.5) is 5.69 Å². The Labute approximate surface area is 96.4 Å². The first-order valence-electron chi connectivity index (χ1n) is 4.68. The Morgan fingerprint density at radius 1 is 1.47 bits per heavy atom. The fourth-order valence-corrected chi connectivity index (χ4v) is 2.18. The number of nitrogens with zero attached hydrogens (tertiary/aromatic N) is 2. The number of carbonyl (C=O) groups excluding carboxylic acids is 1. The summed E-state index contributed by atoms with van der Waals surface area (Å²) in [6.45, 7) is 0.132. The molecule has 76 valence electrons. The van der Waals surface area contributed by atoms with Gasteiger partial charge in [0.25, 0.3) is 0 Å². The Kier molecular flexibility index (Phi) is 2.74. The summed E-state index contributed by atoms with van der Waals surface area (Å²) in [4.78, 5) is 13.1. The minimum atomic E-state index is 0.0337. The van der Waals surface area contributed by atoms with Gasteiger partial charge in [-0.1, -0.05) is 15.9 Å². The highest BCUT2D eigenvalue weighted by Gasteiger charge is 2.23. The summed E-state index contributed by atoms with van der Waals surface area (Å²) in [5.74, 6) is 0.0337. The number of anilines is 1. The number of halogens is 1. The molecule has 2 rings (SSSR count). The van der Waals surface area contributed by atoms with Crippen LogP contribution < -0.4 is 4.90 Å². The minimum Gasteiger partial charge on any atom is -0.298 e. The van der Waals surface area contributed by atoms with Crippen LogP contribution in [0.3, 0.4) is 0 Å². The minimum absolute atomic E-state index is 0.0337. The van der Waals surface area contributed by atoms with Crippen molar-refractivity contribution in [3.63, 3.8) is 0 Å². The van der Waals surface area contributed by atoms with E-state index >= 15 is 0 Å². The molecule has 4 heteroatoms. The first-order valence-corrected chi connectivity index (χ1v) is 5.47. The lowest BCUT2D eigenvalue weighted by molar-refractivity contribution is -0.118. The number of rotatable bonds is 1. The molecule has 1 amide bonds. The standard InChI is InChI=1S/C11H9BrN2O/c12-9-2-3-10-8(7-9)1-4-11(15)14(10)6-5-13/h2-3,7H,1,4,6H2. The molecule has 0 saturated carbocycles. The SMILES string of the molecule is N#CCN1C(=O)CCc2cc(Br)ccc21. The number of nitriles is 1. The first kappa shape index (κ1) is 10.2. The van der Waals surface area contributed by atoms with Gasteiger partial charge < -0.3 is 0 Å². The number of hydrogen-bond donors (Lipinski definition) is 0. The molecule has 0 atom stereocenters. The Hall–Kier alpha value is -1.34. The molecule has 1 aromatic carbocycles. The summed E-state index contributed by atoms with van der Waals surface area (Å²) in [5, 5.41) is 8.66. The van der Waals surface area contributed by atoms with Crippen LogP contribution in [-0.4, -0.2) is 12.5 Å². The zero-order chi connectivity index (χ0) is 10.8. The zero-order valence-corrected chi connectivity index (χ0v) is 9.62. The van der Waals surface area contributed by atoms with Crippen LogP contribution in [0.5, 0.6) is 0 Å². The Morgan fingerprint density at radius 3 is 3.00 bits per heavy atom. The van der Waals surface area contributed by atoms with E-state index in [0.717, 1.165) is 22.1 Å². The van der Waals surface area contributed by atoms with Gasteiger partial charge in [0, 0.05) is 16.6 Å². The molecule has 0 spiro atoms. The predicted molar refractivity (Wildman–Crippen MR) is 60.4 cm³/mol. The number of amides is 1. The molecular weight excluding hydrogens is 256 g/mol. The molecule has 0 unspecified atom stereocenters. The third kappa shape index (κ3) is 1.88. The third-order valence-electron chi connectivity index (χ3n) is 2.47. The summed E-state index contributed by atoms with van der Waals surface area (Å²) >= 11 is 3.40. The van der Waals surface area contributed by atoms with Crippen molar-refractivity contribution in [2.75, 3.05) is 11.4 Å². The van der Waals surface area contributed by atoms with E-state index in [1.165, 1.54) is 0 Å². The quantitative estimate of drug-likeness (QED) is 0.731. The van der Waals surface area contributed by atoms with Crippen LogP contribution in [0, 0.1) is 11.3 Å². The first-order chi connectivity index (χ1) is 7.22. The van der Waals surface area contributed by atoms with Gasteiger partial charge in [-0.2, -0.15) is 5.26 Å². The van der Waals surface area contributed by atoms with Crippen molar-refractivity contribution in [3.05, 3.63) is 28.2 Å². The highest BCUT2D eigenvalue weighted by molar-refractivity contribution is 9.10. The molecule has 0 fully saturated rings. The molecule has 1 aliphatic heterocycles. The maximum Gasteiger partial charge on any atom is 0.228 e. The topological polar surface area (TPSA) is 44.1 Å². The van der Waals surface area contributed by atoms with E-state index in [4.69, 9.17) is 5.26 Å². The fraction of sp³-hybridized carbons (Fsp3) is 0.273. The average molecular weight is 265 g/mol. The van der Waals surface area contributed by atoms with Gasteiger partial charge in [-0.25, -0.2) is 0 Å². The lowest BCUT2D eigenvalue weighted by Crippen LogP contribution is -2.35. The van der Waals surface area contributed by atoms with Gasteiger partial charge in [-0.05, 0) is 30.2 Å². The van der Waals surface area contributed by atoms with E-state index in [-0.39, 0.29) is 12.5 Å². The second-order valence-electron chi connectivity index (χ2n) is 3.41. The van der Waals surface area contributed by atoms with Crippen molar-refractivity contribution in [1.29, 1.82) is 5.26 Å². The van der Waals surface area contributed by atoms with E-state index in [1.54, 1.807) is 4.90 Å². The molecule has 1 heterocycles. The van der Waals surface area contributed by atoms with E-state index < -0.39 is 0 Å². The molecule has 1 aromatic rings. The van der Waals surface area contributed by atoms with E-state index in [9.17, 15) is 4.79 Å². The Morgan fingerprint density at radius 2 is 2.27 bits per heavy atom. The summed E-state index contributed by atoms with van der Waals surface area (Å²) in [7, 11) is 0. The number of fused-ring (bicyclic) bond motifs is 1. The highest BCUT2D eigenvalue weighted by Crippen LogP contribution is 2.29. The number of carbonyl (C=O) groups is 1. The van der Waals surface area contributed by atoms with Crippen LogP contribution in [0.2, 0.25) is 0 Å². The van der Waals surface area contributed by atoms with Gasteiger partial charge in [-0.3, -0.25) is 9.69 Å². The Bertz CT molecular complexity index is 450. The molecule has 1 aliphatic rings.